The number of thiophene rings is 1. The third kappa shape index (κ3) is 2.28. The van der Waals surface area contributed by atoms with Crippen LogP contribution in [0.5, 0.6) is 0 Å². The zero-order valence-corrected chi connectivity index (χ0v) is 12.6. The van der Waals surface area contributed by atoms with E-state index < -0.39 is 0 Å². The molecule has 1 aromatic carbocycles. The van der Waals surface area contributed by atoms with Crippen molar-refractivity contribution in [3.05, 3.63) is 50.1 Å². The van der Waals surface area contributed by atoms with Gasteiger partial charge in [-0.3, -0.25) is 4.79 Å². The fraction of sp³-hybridized carbons (Fsp3) is 0.214. The standard InChI is InChI=1S/C14H13BrN2OS/c15-13-10(2-1-3-11(13)16)14(18)17-6-4-12-9(8-17)5-7-19-12/h1-3,5,7H,4,6,8,16H2. The van der Waals surface area contributed by atoms with Crippen molar-refractivity contribution in [3.8, 4) is 0 Å². The number of carbonyl (C=O) groups excluding carboxylic acids is 1. The summed E-state index contributed by atoms with van der Waals surface area (Å²) in [5.41, 5.74) is 8.33. The molecule has 0 radical (unpaired) electrons. The van der Waals surface area contributed by atoms with E-state index in [9.17, 15) is 4.79 Å². The number of hydrogen-bond acceptors (Lipinski definition) is 3. The van der Waals surface area contributed by atoms with E-state index in [4.69, 9.17) is 5.73 Å². The molecule has 2 heterocycles. The Balaban J connectivity index is 1.88. The molecule has 5 heteroatoms. The molecule has 2 aromatic rings. The molecular formula is C14H13BrN2OS. The molecule has 0 unspecified atom stereocenters. The molecule has 0 bridgehead atoms. The van der Waals surface area contributed by atoms with Crippen molar-refractivity contribution < 1.29 is 4.79 Å². The van der Waals surface area contributed by atoms with E-state index >= 15 is 0 Å². The van der Waals surface area contributed by atoms with Crippen LogP contribution >= 0.6 is 27.3 Å². The van der Waals surface area contributed by atoms with Crippen LogP contribution in [0.15, 0.2) is 34.1 Å². The number of halogens is 1. The SMILES string of the molecule is Nc1cccc(C(=O)N2CCc3sccc3C2)c1Br. The number of nitrogens with two attached hydrogens (primary N) is 1. The Bertz CT molecular complexity index is 638. The molecule has 1 aliphatic rings. The van der Waals surface area contributed by atoms with E-state index in [0.717, 1.165) is 13.0 Å². The summed E-state index contributed by atoms with van der Waals surface area (Å²) in [6.45, 7) is 1.46. The lowest BCUT2D eigenvalue weighted by atomic mass is 10.1. The van der Waals surface area contributed by atoms with E-state index in [1.165, 1.54) is 10.4 Å². The van der Waals surface area contributed by atoms with E-state index in [1.807, 2.05) is 17.0 Å². The molecule has 0 saturated carbocycles. The minimum Gasteiger partial charge on any atom is -0.398 e. The predicted octanol–water partition coefficient (Wildman–Crippen LogP) is 3.29. The van der Waals surface area contributed by atoms with Gasteiger partial charge in [-0.15, -0.1) is 11.3 Å². The molecule has 0 aliphatic carbocycles. The summed E-state index contributed by atoms with van der Waals surface area (Å²) in [5, 5.41) is 2.09. The number of fused-ring (bicyclic) bond motifs is 1. The number of nitrogens with zero attached hydrogens (tertiary/aromatic N) is 1. The van der Waals surface area contributed by atoms with Crippen molar-refractivity contribution in [3.63, 3.8) is 0 Å². The first kappa shape index (κ1) is 12.7. The highest BCUT2D eigenvalue weighted by Gasteiger charge is 2.24. The van der Waals surface area contributed by atoms with Gasteiger partial charge in [0.2, 0.25) is 0 Å². The minimum absolute atomic E-state index is 0.0380. The number of anilines is 1. The molecule has 1 aliphatic heterocycles. The molecule has 2 N–H and O–H groups in total. The monoisotopic (exact) mass is 336 g/mol. The summed E-state index contributed by atoms with van der Waals surface area (Å²) in [6.07, 6.45) is 0.943. The van der Waals surface area contributed by atoms with Crippen LogP contribution in [0.25, 0.3) is 0 Å². The van der Waals surface area contributed by atoms with Gasteiger partial charge in [-0.05, 0) is 51.5 Å². The second-order valence-electron chi connectivity index (χ2n) is 4.55. The van der Waals surface area contributed by atoms with Crippen molar-refractivity contribution in [2.75, 3.05) is 12.3 Å². The number of hydrogen-bond donors (Lipinski definition) is 1. The van der Waals surface area contributed by atoms with Crippen LogP contribution in [0, 0.1) is 0 Å². The second kappa shape index (κ2) is 4.98. The highest BCUT2D eigenvalue weighted by atomic mass is 79.9. The van der Waals surface area contributed by atoms with E-state index in [-0.39, 0.29) is 5.91 Å². The van der Waals surface area contributed by atoms with Crippen molar-refractivity contribution in [2.24, 2.45) is 0 Å². The molecule has 0 atom stereocenters. The normalized spacial score (nSPS) is 14.3. The van der Waals surface area contributed by atoms with Gasteiger partial charge in [0.25, 0.3) is 5.91 Å². The first-order valence-corrected chi connectivity index (χ1v) is 7.72. The maximum Gasteiger partial charge on any atom is 0.255 e. The fourth-order valence-electron chi connectivity index (χ4n) is 2.31. The molecule has 0 fully saturated rings. The van der Waals surface area contributed by atoms with Crippen molar-refractivity contribution >= 4 is 38.9 Å². The highest BCUT2D eigenvalue weighted by Crippen LogP contribution is 2.28. The van der Waals surface area contributed by atoms with Crippen LogP contribution < -0.4 is 5.73 Å². The molecule has 98 valence electrons. The van der Waals surface area contributed by atoms with Gasteiger partial charge >= 0.3 is 0 Å². The summed E-state index contributed by atoms with van der Waals surface area (Å²) >= 11 is 5.17. The van der Waals surface area contributed by atoms with E-state index in [1.54, 1.807) is 17.4 Å². The average Bonchev–Trinajstić information content (AvgIpc) is 2.88. The topological polar surface area (TPSA) is 46.3 Å². The maximum absolute atomic E-state index is 12.5. The molecule has 19 heavy (non-hydrogen) atoms. The second-order valence-corrected chi connectivity index (χ2v) is 6.35. The number of amides is 1. The summed E-state index contributed by atoms with van der Waals surface area (Å²) < 4.78 is 0.691. The highest BCUT2D eigenvalue weighted by molar-refractivity contribution is 9.10. The molecule has 3 nitrogen and oxygen atoms in total. The zero-order valence-electron chi connectivity index (χ0n) is 10.2. The van der Waals surface area contributed by atoms with E-state index in [2.05, 4.69) is 27.4 Å². The van der Waals surface area contributed by atoms with Crippen LogP contribution in [0.2, 0.25) is 0 Å². The van der Waals surface area contributed by atoms with Gasteiger partial charge in [0.1, 0.15) is 0 Å². The smallest absolute Gasteiger partial charge is 0.255 e. The number of carbonyl (C=O) groups is 1. The Kier molecular flexibility index (Phi) is 3.33. The zero-order chi connectivity index (χ0) is 13.4. The molecule has 0 saturated heterocycles. The van der Waals surface area contributed by atoms with Crippen LogP contribution in [-0.2, 0) is 13.0 Å². The molecule has 3 rings (SSSR count). The lowest BCUT2D eigenvalue weighted by molar-refractivity contribution is 0.0735. The predicted molar refractivity (Wildman–Crippen MR) is 81.3 cm³/mol. The summed E-state index contributed by atoms with van der Waals surface area (Å²) in [5.74, 6) is 0.0380. The van der Waals surface area contributed by atoms with Gasteiger partial charge in [0.05, 0.1) is 10.0 Å². The first-order valence-electron chi connectivity index (χ1n) is 6.05. The van der Waals surface area contributed by atoms with Crippen LogP contribution in [0.4, 0.5) is 5.69 Å². The van der Waals surface area contributed by atoms with Crippen molar-refractivity contribution in [1.29, 1.82) is 0 Å². The van der Waals surface area contributed by atoms with Gasteiger partial charge in [-0.2, -0.15) is 0 Å². The van der Waals surface area contributed by atoms with E-state index in [0.29, 0.717) is 22.3 Å². The van der Waals surface area contributed by atoms with Crippen LogP contribution in [0.3, 0.4) is 0 Å². The third-order valence-corrected chi connectivity index (χ3v) is 5.26. The number of nitrogen functional groups attached to an aromatic ring is 1. The number of benzene rings is 1. The Labute approximate surface area is 124 Å². The van der Waals surface area contributed by atoms with Gasteiger partial charge in [0.15, 0.2) is 0 Å². The Hall–Kier alpha value is -1.33. The summed E-state index contributed by atoms with van der Waals surface area (Å²) in [4.78, 5) is 15.8. The average molecular weight is 337 g/mol. The fourth-order valence-corrected chi connectivity index (χ4v) is 3.63. The first-order chi connectivity index (χ1) is 9.16. The summed E-state index contributed by atoms with van der Waals surface area (Å²) in [7, 11) is 0. The number of rotatable bonds is 1. The maximum atomic E-state index is 12.5. The van der Waals surface area contributed by atoms with Crippen molar-refractivity contribution in [1.82, 2.24) is 4.90 Å². The van der Waals surface area contributed by atoms with Crippen molar-refractivity contribution in [2.45, 2.75) is 13.0 Å². The molecule has 1 aromatic heterocycles. The summed E-state index contributed by atoms with van der Waals surface area (Å²) in [6, 6.07) is 7.51. The molecule has 1 amide bonds. The quantitative estimate of drug-likeness (QED) is 0.812. The van der Waals surface area contributed by atoms with Gasteiger partial charge in [0, 0.05) is 23.7 Å². The lowest BCUT2D eigenvalue weighted by Gasteiger charge is -2.27. The van der Waals surface area contributed by atoms with Gasteiger partial charge in [-0.1, -0.05) is 6.07 Å². The molecule has 0 spiro atoms. The third-order valence-electron chi connectivity index (χ3n) is 3.35. The lowest BCUT2D eigenvalue weighted by Crippen LogP contribution is -2.35. The Morgan fingerprint density at radius 3 is 3.05 bits per heavy atom. The Morgan fingerprint density at radius 2 is 2.21 bits per heavy atom. The van der Waals surface area contributed by atoms with Crippen LogP contribution in [0.1, 0.15) is 20.8 Å². The van der Waals surface area contributed by atoms with Gasteiger partial charge < -0.3 is 10.6 Å². The minimum atomic E-state index is 0.0380. The van der Waals surface area contributed by atoms with Crippen LogP contribution in [-0.4, -0.2) is 17.4 Å². The largest absolute Gasteiger partial charge is 0.398 e. The molecular weight excluding hydrogens is 324 g/mol. The Morgan fingerprint density at radius 1 is 1.37 bits per heavy atom. The van der Waals surface area contributed by atoms with Gasteiger partial charge in [-0.25, -0.2) is 0 Å².